The standard InChI is InChI=1S/C25H47NO/c1-3-5-7-8-9-10-11-12-13-14-15-16-17-18-19-20-22-25(21-6-4-2)23-26-24-27/h9-10,12-13,24-25H,3-8,11,14-23H2,1-2H3,(H,26,27)/b10-9-,13-12-/t25-/m0/s1. The Bertz CT molecular complexity index is 348. The van der Waals surface area contributed by atoms with E-state index in [0.717, 1.165) is 19.4 Å². The van der Waals surface area contributed by atoms with Crippen LogP contribution in [-0.2, 0) is 4.79 Å². The van der Waals surface area contributed by atoms with Gasteiger partial charge in [0.05, 0.1) is 0 Å². The molecule has 1 N–H and O–H groups in total. The molecular weight excluding hydrogens is 330 g/mol. The monoisotopic (exact) mass is 377 g/mol. The second-order valence-electron chi connectivity index (χ2n) is 7.91. The summed E-state index contributed by atoms with van der Waals surface area (Å²) in [6.07, 6.45) is 30.9. The third-order valence-electron chi connectivity index (χ3n) is 5.27. The summed E-state index contributed by atoms with van der Waals surface area (Å²) in [4.78, 5) is 10.5. The summed E-state index contributed by atoms with van der Waals surface area (Å²) in [5, 5.41) is 2.87. The zero-order valence-corrected chi connectivity index (χ0v) is 18.4. The third-order valence-corrected chi connectivity index (χ3v) is 5.27. The van der Waals surface area contributed by atoms with E-state index in [0.29, 0.717) is 5.92 Å². The average molecular weight is 378 g/mol. The first-order valence-electron chi connectivity index (χ1n) is 11.8. The third kappa shape index (κ3) is 21.1. The van der Waals surface area contributed by atoms with Gasteiger partial charge in [-0.1, -0.05) is 95.9 Å². The van der Waals surface area contributed by atoms with Gasteiger partial charge >= 0.3 is 0 Å². The number of carbonyl (C=O) groups is 1. The molecule has 158 valence electrons. The highest BCUT2D eigenvalue weighted by molar-refractivity contribution is 5.45. The Morgan fingerprint density at radius 1 is 0.667 bits per heavy atom. The minimum atomic E-state index is 0.681. The summed E-state index contributed by atoms with van der Waals surface area (Å²) in [6, 6.07) is 0. The second kappa shape index (κ2) is 23.0. The Morgan fingerprint density at radius 2 is 1.22 bits per heavy atom. The van der Waals surface area contributed by atoms with Crippen LogP contribution in [0.2, 0.25) is 0 Å². The first kappa shape index (κ1) is 26.0. The lowest BCUT2D eigenvalue weighted by molar-refractivity contribution is -0.109. The van der Waals surface area contributed by atoms with Crippen LogP contribution >= 0.6 is 0 Å². The fourth-order valence-electron chi connectivity index (χ4n) is 3.48. The highest BCUT2D eigenvalue weighted by Gasteiger charge is 2.07. The quantitative estimate of drug-likeness (QED) is 0.124. The predicted octanol–water partition coefficient (Wildman–Crippen LogP) is 7.74. The molecule has 0 heterocycles. The van der Waals surface area contributed by atoms with Gasteiger partial charge in [0.25, 0.3) is 0 Å². The molecule has 1 atom stereocenters. The molecule has 0 aliphatic rings. The number of hydrogen-bond donors (Lipinski definition) is 1. The number of allylic oxidation sites excluding steroid dienone is 4. The number of unbranched alkanes of at least 4 members (excludes halogenated alkanes) is 10. The van der Waals surface area contributed by atoms with E-state index in [2.05, 4.69) is 43.5 Å². The molecular formula is C25H47NO. The van der Waals surface area contributed by atoms with Crippen molar-refractivity contribution in [1.29, 1.82) is 0 Å². The van der Waals surface area contributed by atoms with Crippen LogP contribution < -0.4 is 5.32 Å². The van der Waals surface area contributed by atoms with Gasteiger partial charge in [0.15, 0.2) is 0 Å². The van der Waals surface area contributed by atoms with E-state index in [1.807, 2.05) is 0 Å². The number of carbonyl (C=O) groups excluding carboxylic acids is 1. The van der Waals surface area contributed by atoms with Crippen LogP contribution in [0.1, 0.15) is 117 Å². The van der Waals surface area contributed by atoms with E-state index < -0.39 is 0 Å². The molecule has 0 radical (unpaired) electrons. The summed E-state index contributed by atoms with van der Waals surface area (Å²) in [6.45, 7) is 5.36. The predicted molar refractivity (Wildman–Crippen MR) is 121 cm³/mol. The summed E-state index contributed by atoms with van der Waals surface area (Å²) in [7, 11) is 0. The van der Waals surface area contributed by atoms with Crippen LogP contribution in [0.15, 0.2) is 24.3 Å². The van der Waals surface area contributed by atoms with Crippen molar-refractivity contribution in [3.05, 3.63) is 24.3 Å². The lowest BCUT2D eigenvalue weighted by Crippen LogP contribution is -2.21. The Balaban J connectivity index is 3.42. The van der Waals surface area contributed by atoms with Gasteiger partial charge in [-0.25, -0.2) is 0 Å². The molecule has 0 aromatic carbocycles. The molecule has 0 bridgehead atoms. The fraction of sp³-hybridized carbons (Fsp3) is 0.800. The van der Waals surface area contributed by atoms with Gasteiger partial charge in [-0.3, -0.25) is 4.79 Å². The fourth-order valence-corrected chi connectivity index (χ4v) is 3.48. The molecule has 1 amide bonds. The number of rotatable bonds is 21. The summed E-state index contributed by atoms with van der Waals surface area (Å²) in [5.74, 6) is 0.681. The molecule has 0 unspecified atom stereocenters. The van der Waals surface area contributed by atoms with E-state index in [9.17, 15) is 4.79 Å². The lowest BCUT2D eigenvalue weighted by atomic mass is 9.95. The Hall–Kier alpha value is -1.05. The van der Waals surface area contributed by atoms with Gasteiger partial charge in [-0.15, -0.1) is 0 Å². The van der Waals surface area contributed by atoms with E-state index >= 15 is 0 Å². The van der Waals surface area contributed by atoms with Crippen molar-refractivity contribution in [2.45, 2.75) is 117 Å². The van der Waals surface area contributed by atoms with Crippen molar-refractivity contribution in [2.24, 2.45) is 5.92 Å². The largest absolute Gasteiger partial charge is 0.358 e. The van der Waals surface area contributed by atoms with Gasteiger partial charge in [-0.2, -0.15) is 0 Å². The van der Waals surface area contributed by atoms with Crippen molar-refractivity contribution in [1.82, 2.24) is 5.32 Å². The Morgan fingerprint density at radius 3 is 1.85 bits per heavy atom. The van der Waals surface area contributed by atoms with Crippen LogP contribution in [0.3, 0.4) is 0 Å². The van der Waals surface area contributed by atoms with Crippen LogP contribution in [-0.4, -0.2) is 13.0 Å². The lowest BCUT2D eigenvalue weighted by Gasteiger charge is -2.15. The first-order chi connectivity index (χ1) is 13.3. The molecule has 0 saturated heterocycles. The minimum Gasteiger partial charge on any atom is -0.358 e. The van der Waals surface area contributed by atoms with E-state index in [1.165, 1.54) is 96.3 Å². The average Bonchev–Trinajstić information content (AvgIpc) is 2.69. The van der Waals surface area contributed by atoms with Gasteiger partial charge in [0.2, 0.25) is 6.41 Å². The van der Waals surface area contributed by atoms with Gasteiger partial charge in [-0.05, 0) is 50.9 Å². The molecule has 0 rings (SSSR count). The van der Waals surface area contributed by atoms with Crippen LogP contribution in [0, 0.1) is 5.92 Å². The van der Waals surface area contributed by atoms with Crippen molar-refractivity contribution in [3.63, 3.8) is 0 Å². The molecule has 0 aliphatic heterocycles. The Labute approximate surface area is 170 Å². The van der Waals surface area contributed by atoms with Crippen molar-refractivity contribution in [2.75, 3.05) is 6.54 Å². The Kier molecular flexibility index (Phi) is 22.1. The van der Waals surface area contributed by atoms with Crippen LogP contribution in [0.25, 0.3) is 0 Å². The zero-order valence-electron chi connectivity index (χ0n) is 18.4. The zero-order chi connectivity index (χ0) is 19.8. The maximum absolute atomic E-state index is 10.5. The summed E-state index contributed by atoms with van der Waals surface area (Å²) in [5.41, 5.74) is 0. The number of amides is 1. The van der Waals surface area contributed by atoms with Crippen LogP contribution in [0.4, 0.5) is 0 Å². The van der Waals surface area contributed by atoms with Crippen molar-refractivity contribution < 1.29 is 4.79 Å². The summed E-state index contributed by atoms with van der Waals surface area (Å²) >= 11 is 0. The van der Waals surface area contributed by atoms with Gasteiger partial charge in [0.1, 0.15) is 0 Å². The van der Waals surface area contributed by atoms with Crippen molar-refractivity contribution >= 4 is 6.41 Å². The smallest absolute Gasteiger partial charge is 0.207 e. The minimum absolute atomic E-state index is 0.681. The second-order valence-corrected chi connectivity index (χ2v) is 7.91. The SMILES string of the molecule is CCCCC/C=C\C/C=C\CCCCCCCC[C@H](CCCC)CNC=O. The normalized spacial score (nSPS) is 12.8. The molecule has 2 nitrogen and oxygen atoms in total. The van der Waals surface area contributed by atoms with E-state index in [-0.39, 0.29) is 0 Å². The highest BCUT2D eigenvalue weighted by atomic mass is 16.1. The molecule has 2 heteroatoms. The summed E-state index contributed by atoms with van der Waals surface area (Å²) < 4.78 is 0. The first-order valence-corrected chi connectivity index (χ1v) is 11.8. The van der Waals surface area contributed by atoms with E-state index in [4.69, 9.17) is 0 Å². The maximum atomic E-state index is 10.5. The molecule has 0 aliphatic carbocycles. The molecule has 0 aromatic rings. The molecule has 0 aromatic heterocycles. The van der Waals surface area contributed by atoms with Crippen LogP contribution in [0.5, 0.6) is 0 Å². The highest BCUT2D eigenvalue weighted by Crippen LogP contribution is 2.17. The molecule has 27 heavy (non-hydrogen) atoms. The topological polar surface area (TPSA) is 29.1 Å². The van der Waals surface area contributed by atoms with Crippen molar-refractivity contribution in [3.8, 4) is 0 Å². The van der Waals surface area contributed by atoms with Gasteiger partial charge in [0, 0.05) is 6.54 Å². The molecule has 0 saturated carbocycles. The molecule has 0 spiro atoms. The number of nitrogens with one attached hydrogen (secondary N) is 1. The maximum Gasteiger partial charge on any atom is 0.207 e. The number of hydrogen-bond acceptors (Lipinski definition) is 1. The van der Waals surface area contributed by atoms with Gasteiger partial charge < -0.3 is 5.32 Å². The molecule has 0 fully saturated rings. The van der Waals surface area contributed by atoms with E-state index in [1.54, 1.807) is 0 Å².